The third-order valence-electron chi connectivity index (χ3n) is 3.44. The standard InChI is InChI=1S/C14H16N4O2S/c1-4-20-13(19)10-9(3)17-14-15-7-16-18(14)11(10)12-8(2)5-6-21-12/h5-7,11H,4H2,1-3H3,(H,15,16,17). The zero-order chi connectivity index (χ0) is 15.0. The minimum Gasteiger partial charge on any atom is -0.463 e. The Morgan fingerprint density at radius 2 is 2.33 bits per heavy atom. The summed E-state index contributed by atoms with van der Waals surface area (Å²) in [4.78, 5) is 17.7. The lowest BCUT2D eigenvalue weighted by atomic mass is 10.00. The normalized spacial score (nSPS) is 17.4. The molecule has 0 fully saturated rings. The fourth-order valence-corrected chi connectivity index (χ4v) is 3.49. The van der Waals surface area contributed by atoms with Crippen molar-refractivity contribution in [1.29, 1.82) is 0 Å². The number of aromatic nitrogens is 3. The second kappa shape index (κ2) is 5.33. The third kappa shape index (κ3) is 2.23. The van der Waals surface area contributed by atoms with Crippen molar-refractivity contribution in [3.63, 3.8) is 0 Å². The van der Waals surface area contributed by atoms with Crippen LogP contribution in [-0.4, -0.2) is 27.3 Å². The number of fused-ring (bicyclic) bond motifs is 1. The average Bonchev–Trinajstić information content (AvgIpc) is 3.06. The van der Waals surface area contributed by atoms with Crippen LogP contribution in [0.15, 0.2) is 29.0 Å². The molecule has 0 aromatic carbocycles. The van der Waals surface area contributed by atoms with Crippen LogP contribution < -0.4 is 5.32 Å². The summed E-state index contributed by atoms with van der Waals surface area (Å²) in [6, 6.07) is 1.75. The van der Waals surface area contributed by atoms with E-state index in [2.05, 4.69) is 15.4 Å². The van der Waals surface area contributed by atoms with E-state index >= 15 is 0 Å². The van der Waals surface area contributed by atoms with Crippen LogP contribution in [0.3, 0.4) is 0 Å². The van der Waals surface area contributed by atoms with Gasteiger partial charge in [0.1, 0.15) is 12.4 Å². The summed E-state index contributed by atoms with van der Waals surface area (Å²) in [6.07, 6.45) is 1.49. The van der Waals surface area contributed by atoms with Gasteiger partial charge in [0.25, 0.3) is 0 Å². The summed E-state index contributed by atoms with van der Waals surface area (Å²) in [7, 11) is 0. The fourth-order valence-electron chi connectivity index (χ4n) is 2.47. The highest BCUT2D eigenvalue weighted by molar-refractivity contribution is 7.10. The van der Waals surface area contributed by atoms with Gasteiger partial charge in [0, 0.05) is 10.6 Å². The number of esters is 1. The maximum atomic E-state index is 12.4. The van der Waals surface area contributed by atoms with Crippen LogP contribution in [0.4, 0.5) is 5.95 Å². The van der Waals surface area contributed by atoms with Crippen molar-refractivity contribution in [1.82, 2.24) is 14.8 Å². The smallest absolute Gasteiger partial charge is 0.338 e. The predicted octanol–water partition coefficient (Wildman–Crippen LogP) is 2.50. The summed E-state index contributed by atoms with van der Waals surface area (Å²) in [5, 5.41) is 9.40. The number of anilines is 1. The Bertz CT molecular complexity index is 716. The lowest BCUT2D eigenvalue weighted by Gasteiger charge is -2.27. The van der Waals surface area contributed by atoms with Crippen LogP contribution in [0, 0.1) is 6.92 Å². The zero-order valence-electron chi connectivity index (χ0n) is 12.1. The zero-order valence-corrected chi connectivity index (χ0v) is 12.9. The molecular formula is C14H16N4O2S. The lowest BCUT2D eigenvalue weighted by molar-refractivity contribution is -0.139. The molecular weight excluding hydrogens is 288 g/mol. The number of rotatable bonds is 3. The highest BCUT2D eigenvalue weighted by atomic mass is 32.1. The summed E-state index contributed by atoms with van der Waals surface area (Å²) in [6.45, 7) is 6.04. The number of nitrogens with zero attached hydrogens (tertiary/aromatic N) is 3. The van der Waals surface area contributed by atoms with E-state index in [9.17, 15) is 4.79 Å². The van der Waals surface area contributed by atoms with E-state index in [1.807, 2.05) is 25.3 Å². The molecule has 0 bridgehead atoms. The molecule has 7 heteroatoms. The molecule has 1 N–H and O–H groups in total. The Hall–Kier alpha value is -2.15. The van der Waals surface area contributed by atoms with Gasteiger partial charge in [-0.2, -0.15) is 10.1 Å². The SMILES string of the molecule is CCOC(=O)C1=C(C)Nc2ncnn2C1c1sccc1C. The summed E-state index contributed by atoms with van der Waals surface area (Å²) >= 11 is 1.61. The van der Waals surface area contributed by atoms with Crippen LogP contribution in [0.1, 0.15) is 30.3 Å². The maximum Gasteiger partial charge on any atom is 0.338 e. The molecule has 3 rings (SSSR count). The quantitative estimate of drug-likeness (QED) is 0.882. The molecule has 2 aromatic rings. The number of allylic oxidation sites excluding steroid dienone is 1. The molecule has 0 spiro atoms. The fraction of sp³-hybridized carbons (Fsp3) is 0.357. The topological polar surface area (TPSA) is 69.0 Å². The van der Waals surface area contributed by atoms with Crippen LogP contribution in [0.2, 0.25) is 0 Å². The van der Waals surface area contributed by atoms with Gasteiger partial charge in [0.2, 0.25) is 5.95 Å². The van der Waals surface area contributed by atoms with Gasteiger partial charge >= 0.3 is 5.97 Å². The monoisotopic (exact) mass is 304 g/mol. The first-order valence-corrected chi connectivity index (χ1v) is 7.59. The minimum absolute atomic E-state index is 0.289. The van der Waals surface area contributed by atoms with Crippen molar-refractivity contribution in [2.24, 2.45) is 0 Å². The van der Waals surface area contributed by atoms with Crippen LogP contribution in [-0.2, 0) is 9.53 Å². The van der Waals surface area contributed by atoms with Crippen LogP contribution in [0.5, 0.6) is 0 Å². The number of nitrogens with one attached hydrogen (secondary N) is 1. The van der Waals surface area contributed by atoms with E-state index in [0.29, 0.717) is 18.1 Å². The van der Waals surface area contributed by atoms with Gasteiger partial charge in [-0.25, -0.2) is 9.48 Å². The van der Waals surface area contributed by atoms with Gasteiger partial charge in [-0.05, 0) is 37.8 Å². The van der Waals surface area contributed by atoms with Crippen molar-refractivity contribution in [3.8, 4) is 0 Å². The molecule has 0 saturated carbocycles. The third-order valence-corrected chi connectivity index (χ3v) is 4.51. The molecule has 0 saturated heterocycles. The van der Waals surface area contributed by atoms with Crippen molar-refractivity contribution in [3.05, 3.63) is 39.5 Å². The Labute approximate surface area is 126 Å². The second-order valence-corrected chi connectivity index (χ2v) is 5.73. The Morgan fingerprint density at radius 3 is 3.00 bits per heavy atom. The first-order valence-electron chi connectivity index (χ1n) is 6.72. The molecule has 0 radical (unpaired) electrons. The molecule has 2 aromatic heterocycles. The average molecular weight is 304 g/mol. The first kappa shape index (κ1) is 13.8. The van der Waals surface area contributed by atoms with Crippen molar-refractivity contribution in [2.45, 2.75) is 26.8 Å². The number of ether oxygens (including phenoxy) is 1. The van der Waals surface area contributed by atoms with E-state index in [-0.39, 0.29) is 12.0 Å². The van der Waals surface area contributed by atoms with Crippen molar-refractivity contribution < 1.29 is 9.53 Å². The molecule has 1 atom stereocenters. The second-order valence-electron chi connectivity index (χ2n) is 4.78. The Kier molecular flexibility index (Phi) is 3.50. The Morgan fingerprint density at radius 1 is 1.52 bits per heavy atom. The largest absolute Gasteiger partial charge is 0.463 e. The molecule has 21 heavy (non-hydrogen) atoms. The lowest BCUT2D eigenvalue weighted by Crippen LogP contribution is -2.29. The highest BCUT2D eigenvalue weighted by Gasteiger charge is 2.35. The number of carbonyl (C=O) groups excluding carboxylic acids is 1. The number of thiophene rings is 1. The Balaban J connectivity index is 2.16. The summed E-state index contributed by atoms with van der Waals surface area (Å²) in [5.74, 6) is 0.319. The first-order chi connectivity index (χ1) is 10.1. The van der Waals surface area contributed by atoms with E-state index in [4.69, 9.17) is 4.74 Å². The van der Waals surface area contributed by atoms with E-state index in [1.165, 1.54) is 6.33 Å². The molecule has 1 aliphatic heterocycles. The van der Waals surface area contributed by atoms with E-state index in [1.54, 1.807) is 22.9 Å². The minimum atomic E-state index is -0.318. The van der Waals surface area contributed by atoms with Crippen molar-refractivity contribution >= 4 is 23.3 Å². The molecule has 6 nitrogen and oxygen atoms in total. The molecule has 1 aliphatic rings. The van der Waals surface area contributed by atoms with E-state index < -0.39 is 0 Å². The molecule has 0 aliphatic carbocycles. The summed E-state index contributed by atoms with van der Waals surface area (Å²) in [5.41, 5.74) is 2.47. The van der Waals surface area contributed by atoms with Gasteiger partial charge in [-0.15, -0.1) is 11.3 Å². The number of carbonyl (C=O) groups is 1. The van der Waals surface area contributed by atoms with Gasteiger partial charge in [-0.3, -0.25) is 0 Å². The molecule has 0 amide bonds. The van der Waals surface area contributed by atoms with Gasteiger partial charge in [0.15, 0.2) is 0 Å². The van der Waals surface area contributed by atoms with E-state index in [0.717, 1.165) is 16.1 Å². The molecule has 1 unspecified atom stereocenters. The van der Waals surface area contributed by atoms with Crippen LogP contribution in [0.25, 0.3) is 0 Å². The summed E-state index contributed by atoms with van der Waals surface area (Å²) < 4.78 is 6.95. The predicted molar refractivity (Wildman–Crippen MR) is 80.2 cm³/mol. The molecule has 110 valence electrons. The number of aryl methyl sites for hydroxylation is 1. The number of hydrogen-bond acceptors (Lipinski definition) is 6. The van der Waals surface area contributed by atoms with Gasteiger partial charge in [0.05, 0.1) is 12.2 Å². The van der Waals surface area contributed by atoms with Gasteiger partial charge < -0.3 is 10.1 Å². The van der Waals surface area contributed by atoms with Crippen LogP contribution >= 0.6 is 11.3 Å². The number of hydrogen-bond donors (Lipinski definition) is 1. The van der Waals surface area contributed by atoms with Crippen molar-refractivity contribution in [2.75, 3.05) is 11.9 Å². The highest BCUT2D eigenvalue weighted by Crippen LogP contribution is 2.38. The maximum absolute atomic E-state index is 12.4. The van der Waals surface area contributed by atoms with Gasteiger partial charge in [-0.1, -0.05) is 0 Å². The molecule has 3 heterocycles.